The molecule has 0 radical (unpaired) electrons. The molecule has 1 heterocycles. The molecule has 0 fully saturated rings. The van der Waals surface area contributed by atoms with E-state index < -0.39 is 6.10 Å². The first-order chi connectivity index (χ1) is 9.02. The molecule has 1 atom stereocenters. The molecule has 19 heavy (non-hydrogen) atoms. The minimum absolute atomic E-state index is 0.483. The van der Waals surface area contributed by atoms with E-state index in [9.17, 15) is 5.11 Å². The highest BCUT2D eigenvalue weighted by Gasteiger charge is 2.17. The topological polar surface area (TPSA) is 38.0 Å². The standard InChI is InChI=1S/C15H19ClN2O/c1-4-18-13(15(16)11(3)17-18)9-14(19)12-7-5-6-10(2)8-12/h5-8,14,19H,4,9H2,1-3H3. The van der Waals surface area contributed by atoms with Crippen molar-refractivity contribution in [3.8, 4) is 0 Å². The van der Waals surface area contributed by atoms with Crippen LogP contribution in [0, 0.1) is 13.8 Å². The quantitative estimate of drug-likeness (QED) is 0.930. The summed E-state index contributed by atoms with van der Waals surface area (Å²) in [6.07, 6.45) is -0.0736. The molecule has 1 unspecified atom stereocenters. The van der Waals surface area contributed by atoms with Gasteiger partial charge in [-0.25, -0.2) is 0 Å². The first-order valence-corrected chi connectivity index (χ1v) is 6.87. The van der Waals surface area contributed by atoms with Crippen molar-refractivity contribution in [2.24, 2.45) is 0 Å². The summed E-state index contributed by atoms with van der Waals surface area (Å²) >= 11 is 6.26. The smallest absolute Gasteiger partial charge is 0.0848 e. The summed E-state index contributed by atoms with van der Waals surface area (Å²) in [4.78, 5) is 0. The number of rotatable bonds is 4. The Morgan fingerprint density at radius 2 is 2.11 bits per heavy atom. The predicted molar refractivity (Wildman–Crippen MR) is 77.5 cm³/mol. The number of aryl methyl sites for hydroxylation is 3. The Morgan fingerprint density at radius 3 is 2.74 bits per heavy atom. The van der Waals surface area contributed by atoms with Crippen molar-refractivity contribution in [3.05, 3.63) is 51.8 Å². The number of aromatic nitrogens is 2. The Morgan fingerprint density at radius 1 is 1.37 bits per heavy atom. The van der Waals surface area contributed by atoms with Gasteiger partial charge in [0.15, 0.2) is 0 Å². The molecular weight excluding hydrogens is 260 g/mol. The minimum Gasteiger partial charge on any atom is -0.388 e. The van der Waals surface area contributed by atoms with Gasteiger partial charge in [-0.3, -0.25) is 4.68 Å². The van der Waals surface area contributed by atoms with Crippen molar-refractivity contribution >= 4 is 11.6 Å². The van der Waals surface area contributed by atoms with Crippen LogP contribution in [0.5, 0.6) is 0 Å². The Balaban J connectivity index is 2.26. The molecule has 0 aliphatic heterocycles. The first kappa shape index (κ1) is 14.1. The summed E-state index contributed by atoms with van der Waals surface area (Å²) in [5, 5.41) is 15.4. The van der Waals surface area contributed by atoms with Crippen LogP contribution < -0.4 is 0 Å². The van der Waals surface area contributed by atoms with Crippen molar-refractivity contribution in [3.63, 3.8) is 0 Å². The van der Waals surface area contributed by atoms with Gasteiger partial charge in [-0.15, -0.1) is 0 Å². The van der Waals surface area contributed by atoms with Crippen LogP contribution in [0.4, 0.5) is 0 Å². The average molecular weight is 279 g/mol. The minimum atomic E-state index is -0.557. The highest BCUT2D eigenvalue weighted by atomic mass is 35.5. The third-order valence-corrected chi connectivity index (χ3v) is 3.76. The lowest BCUT2D eigenvalue weighted by atomic mass is 10.0. The Kier molecular flexibility index (Phi) is 4.27. The summed E-state index contributed by atoms with van der Waals surface area (Å²) in [6.45, 7) is 6.68. The molecule has 2 rings (SSSR count). The van der Waals surface area contributed by atoms with Gasteiger partial charge in [0, 0.05) is 13.0 Å². The molecule has 3 nitrogen and oxygen atoms in total. The Bertz CT molecular complexity index is 578. The number of halogens is 1. The number of benzene rings is 1. The predicted octanol–water partition coefficient (Wildman–Crippen LogP) is 3.45. The van der Waals surface area contributed by atoms with Gasteiger partial charge < -0.3 is 5.11 Å². The fourth-order valence-electron chi connectivity index (χ4n) is 2.24. The van der Waals surface area contributed by atoms with E-state index >= 15 is 0 Å². The van der Waals surface area contributed by atoms with Crippen LogP contribution in [0.3, 0.4) is 0 Å². The number of hydrogen-bond acceptors (Lipinski definition) is 2. The van der Waals surface area contributed by atoms with E-state index in [0.717, 1.165) is 29.1 Å². The lowest BCUT2D eigenvalue weighted by Crippen LogP contribution is -2.09. The lowest BCUT2D eigenvalue weighted by Gasteiger charge is -2.13. The van der Waals surface area contributed by atoms with Gasteiger partial charge in [0.25, 0.3) is 0 Å². The van der Waals surface area contributed by atoms with Crippen molar-refractivity contribution in [2.45, 2.75) is 39.8 Å². The second kappa shape index (κ2) is 5.76. The monoisotopic (exact) mass is 278 g/mol. The Labute approximate surface area is 118 Å². The molecule has 0 bridgehead atoms. The van der Waals surface area contributed by atoms with E-state index in [1.165, 1.54) is 0 Å². The zero-order valence-electron chi connectivity index (χ0n) is 11.5. The third kappa shape index (κ3) is 2.99. The van der Waals surface area contributed by atoms with E-state index in [0.29, 0.717) is 11.4 Å². The average Bonchev–Trinajstić information content (AvgIpc) is 2.66. The first-order valence-electron chi connectivity index (χ1n) is 6.49. The van der Waals surface area contributed by atoms with E-state index in [4.69, 9.17) is 11.6 Å². The number of aliphatic hydroxyl groups is 1. The second-order valence-electron chi connectivity index (χ2n) is 4.80. The maximum atomic E-state index is 10.4. The molecule has 102 valence electrons. The van der Waals surface area contributed by atoms with Crippen molar-refractivity contribution in [2.75, 3.05) is 0 Å². The molecule has 1 aromatic carbocycles. The van der Waals surface area contributed by atoms with E-state index in [2.05, 4.69) is 5.10 Å². The lowest BCUT2D eigenvalue weighted by molar-refractivity contribution is 0.175. The van der Waals surface area contributed by atoms with Crippen LogP contribution >= 0.6 is 11.6 Å². The number of hydrogen-bond donors (Lipinski definition) is 1. The van der Waals surface area contributed by atoms with E-state index in [1.54, 1.807) is 0 Å². The van der Waals surface area contributed by atoms with Gasteiger partial charge in [0.2, 0.25) is 0 Å². The molecule has 0 spiro atoms. The van der Waals surface area contributed by atoms with Gasteiger partial charge in [0.1, 0.15) is 0 Å². The van der Waals surface area contributed by atoms with E-state index in [-0.39, 0.29) is 0 Å². The molecule has 0 amide bonds. The molecule has 0 saturated heterocycles. The molecule has 2 aromatic rings. The summed E-state index contributed by atoms with van der Waals surface area (Å²) in [5.74, 6) is 0. The molecule has 0 saturated carbocycles. The van der Waals surface area contributed by atoms with Crippen molar-refractivity contribution in [1.82, 2.24) is 9.78 Å². The molecule has 1 aromatic heterocycles. The summed E-state index contributed by atoms with van der Waals surface area (Å²) in [6, 6.07) is 7.91. The van der Waals surface area contributed by atoms with Gasteiger partial charge in [-0.05, 0) is 26.3 Å². The normalized spacial score (nSPS) is 12.7. The number of nitrogens with zero attached hydrogens (tertiary/aromatic N) is 2. The van der Waals surface area contributed by atoms with Crippen LogP contribution in [-0.2, 0) is 13.0 Å². The molecule has 0 aliphatic carbocycles. The summed E-state index contributed by atoms with van der Waals surface area (Å²) < 4.78 is 1.86. The maximum Gasteiger partial charge on any atom is 0.0848 e. The highest BCUT2D eigenvalue weighted by Crippen LogP contribution is 2.26. The highest BCUT2D eigenvalue weighted by molar-refractivity contribution is 6.31. The SMILES string of the molecule is CCn1nc(C)c(Cl)c1CC(O)c1cccc(C)c1. The van der Waals surface area contributed by atoms with Crippen LogP contribution in [0.1, 0.15) is 35.5 Å². The maximum absolute atomic E-state index is 10.4. The van der Waals surface area contributed by atoms with Gasteiger partial charge in [-0.2, -0.15) is 5.10 Å². The van der Waals surface area contributed by atoms with Gasteiger partial charge >= 0.3 is 0 Å². The van der Waals surface area contributed by atoms with Crippen LogP contribution in [0.15, 0.2) is 24.3 Å². The van der Waals surface area contributed by atoms with Crippen LogP contribution in [0.2, 0.25) is 5.02 Å². The molecular formula is C15H19ClN2O. The fraction of sp³-hybridized carbons (Fsp3) is 0.400. The van der Waals surface area contributed by atoms with Gasteiger partial charge in [0.05, 0.1) is 22.5 Å². The molecule has 1 N–H and O–H groups in total. The third-order valence-electron chi connectivity index (χ3n) is 3.27. The van der Waals surface area contributed by atoms with Gasteiger partial charge in [-0.1, -0.05) is 41.4 Å². The van der Waals surface area contributed by atoms with E-state index in [1.807, 2.05) is 49.7 Å². The molecule has 0 aliphatic rings. The zero-order chi connectivity index (χ0) is 14.0. The summed E-state index contributed by atoms with van der Waals surface area (Å²) in [7, 11) is 0. The van der Waals surface area contributed by atoms with Crippen molar-refractivity contribution < 1.29 is 5.11 Å². The number of aliphatic hydroxyl groups excluding tert-OH is 1. The second-order valence-corrected chi connectivity index (χ2v) is 5.17. The summed E-state index contributed by atoms with van der Waals surface area (Å²) in [5.41, 5.74) is 3.77. The molecule has 4 heteroatoms. The fourth-order valence-corrected chi connectivity index (χ4v) is 2.45. The van der Waals surface area contributed by atoms with Crippen LogP contribution in [-0.4, -0.2) is 14.9 Å². The zero-order valence-corrected chi connectivity index (χ0v) is 12.3. The van der Waals surface area contributed by atoms with Crippen molar-refractivity contribution in [1.29, 1.82) is 0 Å². The Hall–Kier alpha value is -1.32. The largest absolute Gasteiger partial charge is 0.388 e. The van der Waals surface area contributed by atoms with Crippen LogP contribution in [0.25, 0.3) is 0 Å².